The number of amides is 1. The van der Waals surface area contributed by atoms with Crippen molar-refractivity contribution < 1.29 is 4.79 Å². The second kappa shape index (κ2) is 6.66. The molecule has 0 saturated heterocycles. The monoisotopic (exact) mass is 320 g/mol. The zero-order chi connectivity index (χ0) is 13.7. The summed E-state index contributed by atoms with van der Waals surface area (Å²) in [7, 11) is 0. The zero-order valence-corrected chi connectivity index (χ0v) is 12.5. The van der Waals surface area contributed by atoms with Crippen molar-refractivity contribution in [3.63, 3.8) is 0 Å². The van der Waals surface area contributed by atoms with Crippen LogP contribution in [0.15, 0.2) is 36.5 Å². The molecule has 1 amide bonds. The van der Waals surface area contributed by atoms with Gasteiger partial charge in [-0.15, -0.1) is 0 Å². The van der Waals surface area contributed by atoms with Crippen LogP contribution in [0.25, 0.3) is 10.9 Å². The van der Waals surface area contributed by atoms with Gasteiger partial charge in [0.05, 0.1) is 5.52 Å². The summed E-state index contributed by atoms with van der Waals surface area (Å²) >= 11 is 3.56. The van der Waals surface area contributed by atoms with Crippen LogP contribution >= 0.6 is 15.9 Å². The normalized spacial score (nSPS) is 12.3. The molecular formula is C15H17BrN2O. The minimum absolute atomic E-state index is 0.0425. The molecule has 1 unspecified atom stereocenters. The molecule has 0 aliphatic rings. The van der Waals surface area contributed by atoms with Crippen molar-refractivity contribution in [2.45, 2.75) is 24.6 Å². The van der Waals surface area contributed by atoms with Gasteiger partial charge in [-0.25, -0.2) is 0 Å². The van der Waals surface area contributed by atoms with E-state index in [1.165, 1.54) is 0 Å². The molecule has 4 heteroatoms. The Kier molecular flexibility index (Phi) is 4.91. The van der Waals surface area contributed by atoms with E-state index in [-0.39, 0.29) is 5.91 Å². The van der Waals surface area contributed by atoms with Crippen LogP contribution in [-0.2, 0) is 0 Å². The van der Waals surface area contributed by atoms with Crippen LogP contribution in [0.3, 0.4) is 0 Å². The minimum atomic E-state index is -0.0425. The fourth-order valence-corrected chi connectivity index (χ4v) is 2.64. The number of halogens is 1. The SMILES string of the molecule is CCCC(Br)CNC(=O)c1cccc2ncccc12. The second-order valence-corrected chi connectivity index (χ2v) is 5.77. The van der Waals surface area contributed by atoms with Crippen LogP contribution in [0.4, 0.5) is 0 Å². The highest BCUT2D eigenvalue weighted by atomic mass is 79.9. The Morgan fingerprint density at radius 2 is 2.21 bits per heavy atom. The van der Waals surface area contributed by atoms with E-state index in [0.29, 0.717) is 16.9 Å². The van der Waals surface area contributed by atoms with Crippen LogP contribution in [0.1, 0.15) is 30.1 Å². The van der Waals surface area contributed by atoms with Crippen molar-refractivity contribution in [1.29, 1.82) is 0 Å². The molecule has 1 aromatic carbocycles. The van der Waals surface area contributed by atoms with Crippen molar-refractivity contribution in [2.24, 2.45) is 0 Å². The molecule has 1 atom stereocenters. The van der Waals surface area contributed by atoms with Gasteiger partial charge in [0.1, 0.15) is 0 Å². The Balaban J connectivity index is 2.13. The Bertz CT molecular complexity index is 566. The molecule has 0 spiro atoms. The molecule has 100 valence electrons. The molecule has 0 radical (unpaired) electrons. The molecule has 1 heterocycles. The van der Waals surface area contributed by atoms with Crippen molar-refractivity contribution >= 4 is 32.7 Å². The number of aromatic nitrogens is 1. The van der Waals surface area contributed by atoms with E-state index in [1.807, 2.05) is 30.3 Å². The van der Waals surface area contributed by atoms with Gasteiger partial charge >= 0.3 is 0 Å². The highest BCUT2D eigenvalue weighted by Crippen LogP contribution is 2.16. The molecule has 0 aliphatic carbocycles. The van der Waals surface area contributed by atoms with Gasteiger partial charge in [-0.05, 0) is 24.6 Å². The number of benzene rings is 1. The average Bonchev–Trinajstić information content (AvgIpc) is 2.44. The van der Waals surface area contributed by atoms with Gasteiger partial charge in [0.25, 0.3) is 5.91 Å². The summed E-state index contributed by atoms with van der Waals surface area (Å²) in [4.78, 5) is 16.8. The summed E-state index contributed by atoms with van der Waals surface area (Å²) < 4.78 is 0. The molecule has 1 aromatic heterocycles. The molecular weight excluding hydrogens is 304 g/mol. The first-order chi connectivity index (χ1) is 9.22. The first-order valence-electron chi connectivity index (χ1n) is 6.48. The molecule has 1 N–H and O–H groups in total. The summed E-state index contributed by atoms with van der Waals surface area (Å²) in [5, 5.41) is 3.85. The van der Waals surface area contributed by atoms with E-state index in [0.717, 1.165) is 23.7 Å². The molecule has 19 heavy (non-hydrogen) atoms. The van der Waals surface area contributed by atoms with E-state index in [2.05, 4.69) is 33.2 Å². The number of carbonyl (C=O) groups excluding carboxylic acids is 1. The third-order valence-corrected chi connectivity index (χ3v) is 3.76. The largest absolute Gasteiger partial charge is 0.351 e. The lowest BCUT2D eigenvalue weighted by molar-refractivity contribution is 0.0955. The summed E-state index contributed by atoms with van der Waals surface area (Å²) in [6, 6.07) is 9.39. The molecule has 0 fully saturated rings. The summed E-state index contributed by atoms with van der Waals surface area (Å²) in [5.41, 5.74) is 1.53. The summed E-state index contributed by atoms with van der Waals surface area (Å²) in [6.07, 6.45) is 3.89. The van der Waals surface area contributed by atoms with Crippen LogP contribution in [-0.4, -0.2) is 22.3 Å². The van der Waals surface area contributed by atoms with Crippen LogP contribution in [0, 0.1) is 0 Å². The van der Waals surface area contributed by atoms with Gasteiger partial charge in [-0.2, -0.15) is 0 Å². The third kappa shape index (κ3) is 3.53. The predicted molar refractivity (Wildman–Crippen MR) is 81.7 cm³/mol. The van der Waals surface area contributed by atoms with E-state index in [4.69, 9.17) is 0 Å². The molecule has 2 aromatic rings. The maximum Gasteiger partial charge on any atom is 0.252 e. The molecule has 0 aliphatic heterocycles. The first-order valence-corrected chi connectivity index (χ1v) is 7.40. The lowest BCUT2D eigenvalue weighted by Gasteiger charge is -2.11. The van der Waals surface area contributed by atoms with E-state index < -0.39 is 0 Å². The molecule has 0 saturated carbocycles. The van der Waals surface area contributed by atoms with Gasteiger partial charge in [-0.3, -0.25) is 9.78 Å². The predicted octanol–water partition coefficient (Wildman–Crippen LogP) is 3.53. The lowest BCUT2D eigenvalue weighted by Crippen LogP contribution is -2.29. The quantitative estimate of drug-likeness (QED) is 0.856. The fraction of sp³-hybridized carbons (Fsp3) is 0.333. The van der Waals surface area contributed by atoms with Crippen LogP contribution in [0.5, 0.6) is 0 Å². The number of hydrogen-bond acceptors (Lipinski definition) is 2. The fourth-order valence-electron chi connectivity index (χ4n) is 2.02. The number of carbonyl (C=O) groups is 1. The number of nitrogens with one attached hydrogen (secondary N) is 1. The number of rotatable bonds is 5. The maximum atomic E-state index is 12.2. The van der Waals surface area contributed by atoms with E-state index >= 15 is 0 Å². The topological polar surface area (TPSA) is 42.0 Å². The molecule has 0 bridgehead atoms. The number of nitrogens with zero attached hydrogens (tertiary/aromatic N) is 1. The van der Waals surface area contributed by atoms with Crippen LogP contribution < -0.4 is 5.32 Å². The number of alkyl halides is 1. The Morgan fingerprint density at radius 1 is 1.37 bits per heavy atom. The van der Waals surface area contributed by atoms with Gasteiger partial charge in [0.2, 0.25) is 0 Å². The third-order valence-electron chi connectivity index (χ3n) is 2.98. The Labute approximate surface area is 121 Å². The highest BCUT2D eigenvalue weighted by Gasteiger charge is 2.11. The standard InChI is InChI=1S/C15H17BrN2O/c1-2-5-11(16)10-18-15(19)13-6-3-8-14-12(13)7-4-9-17-14/h3-4,6-9,11H,2,5,10H2,1H3,(H,18,19). The average molecular weight is 321 g/mol. The smallest absolute Gasteiger partial charge is 0.252 e. The second-order valence-electron chi connectivity index (χ2n) is 4.47. The number of hydrogen-bond donors (Lipinski definition) is 1. The Morgan fingerprint density at radius 3 is 3.00 bits per heavy atom. The van der Waals surface area contributed by atoms with E-state index in [1.54, 1.807) is 6.20 Å². The van der Waals surface area contributed by atoms with Crippen LogP contribution in [0.2, 0.25) is 0 Å². The highest BCUT2D eigenvalue weighted by molar-refractivity contribution is 9.09. The lowest BCUT2D eigenvalue weighted by atomic mass is 10.1. The number of fused-ring (bicyclic) bond motifs is 1. The maximum absolute atomic E-state index is 12.2. The van der Waals surface area contributed by atoms with Gasteiger partial charge in [0, 0.05) is 28.5 Å². The van der Waals surface area contributed by atoms with Crippen molar-refractivity contribution in [2.75, 3.05) is 6.54 Å². The molecule has 3 nitrogen and oxygen atoms in total. The van der Waals surface area contributed by atoms with Crippen molar-refractivity contribution in [3.05, 3.63) is 42.1 Å². The van der Waals surface area contributed by atoms with E-state index in [9.17, 15) is 4.79 Å². The van der Waals surface area contributed by atoms with Gasteiger partial charge in [-0.1, -0.05) is 41.4 Å². The van der Waals surface area contributed by atoms with Gasteiger partial charge < -0.3 is 5.32 Å². The molecule has 2 rings (SSSR count). The van der Waals surface area contributed by atoms with Crippen molar-refractivity contribution in [1.82, 2.24) is 10.3 Å². The van der Waals surface area contributed by atoms with Crippen molar-refractivity contribution in [3.8, 4) is 0 Å². The Hall–Kier alpha value is -1.42. The van der Waals surface area contributed by atoms with Gasteiger partial charge in [0.15, 0.2) is 0 Å². The number of pyridine rings is 1. The summed E-state index contributed by atoms with van der Waals surface area (Å²) in [5.74, 6) is -0.0425. The first kappa shape index (κ1) is 14.0. The minimum Gasteiger partial charge on any atom is -0.351 e. The zero-order valence-electron chi connectivity index (χ0n) is 10.9. The summed E-state index contributed by atoms with van der Waals surface area (Å²) in [6.45, 7) is 2.77.